The second-order valence-electron chi connectivity index (χ2n) is 3.33. The number of nitrogens with one attached hydrogen (secondary N) is 1. The number of anilines is 1. The van der Waals surface area contributed by atoms with Crippen molar-refractivity contribution in [2.45, 2.75) is 13.3 Å². The summed E-state index contributed by atoms with van der Waals surface area (Å²) in [6.07, 6.45) is -0.384. The summed E-state index contributed by atoms with van der Waals surface area (Å²) in [4.78, 5) is 32.3. The van der Waals surface area contributed by atoms with Crippen LogP contribution in [0, 0.1) is 10.1 Å². The van der Waals surface area contributed by atoms with Crippen LogP contribution in [0.2, 0.25) is 0 Å². The molecule has 1 aromatic rings. The third kappa shape index (κ3) is 4.20. The summed E-state index contributed by atoms with van der Waals surface area (Å²) in [5, 5.41) is 12.8. The summed E-state index contributed by atoms with van der Waals surface area (Å²) in [5.74, 6) is -1.14. The molecule has 0 radical (unpaired) electrons. The molecule has 0 aliphatic carbocycles. The Labute approximate surface area is 103 Å². The maximum absolute atomic E-state index is 11.4. The minimum atomic E-state index is -0.614. The number of benzene rings is 1. The third-order valence-electron chi connectivity index (χ3n) is 1.97. The molecule has 1 amide bonds. The van der Waals surface area contributed by atoms with Crippen molar-refractivity contribution in [2.75, 3.05) is 11.9 Å². The first-order valence-corrected chi connectivity index (χ1v) is 5.23. The zero-order chi connectivity index (χ0) is 13.5. The van der Waals surface area contributed by atoms with Crippen LogP contribution in [-0.4, -0.2) is 23.4 Å². The van der Waals surface area contributed by atoms with Crippen molar-refractivity contribution in [1.29, 1.82) is 0 Å². The molecule has 0 atom stereocenters. The summed E-state index contributed by atoms with van der Waals surface area (Å²) in [5.41, 5.74) is 0.313. The van der Waals surface area contributed by atoms with Crippen LogP contribution in [-0.2, 0) is 14.3 Å². The average molecular weight is 252 g/mol. The summed E-state index contributed by atoms with van der Waals surface area (Å²) in [7, 11) is 0. The second kappa shape index (κ2) is 6.33. The number of nitrogens with zero attached hydrogens (tertiary/aromatic N) is 1. The van der Waals surface area contributed by atoms with E-state index in [0.717, 1.165) is 0 Å². The number of hydrogen-bond acceptors (Lipinski definition) is 5. The molecule has 1 rings (SSSR count). The average Bonchev–Trinajstić information content (AvgIpc) is 2.29. The number of amides is 1. The molecular formula is C11H12N2O5. The topological polar surface area (TPSA) is 98.5 Å². The lowest BCUT2D eigenvalue weighted by molar-refractivity contribution is -0.384. The molecule has 0 spiro atoms. The van der Waals surface area contributed by atoms with E-state index >= 15 is 0 Å². The highest BCUT2D eigenvalue weighted by molar-refractivity contribution is 6.01. The number of nitro benzene ring substituents is 1. The van der Waals surface area contributed by atoms with Gasteiger partial charge >= 0.3 is 5.97 Å². The van der Waals surface area contributed by atoms with Crippen LogP contribution in [0.25, 0.3) is 0 Å². The monoisotopic (exact) mass is 252 g/mol. The Morgan fingerprint density at radius 2 is 1.94 bits per heavy atom. The lowest BCUT2D eigenvalue weighted by atomic mass is 10.2. The molecule has 96 valence electrons. The van der Waals surface area contributed by atoms with Crippen LogP contribution >= 0.6 is 0 Å². The van der Waals surface area contributed by atoms with E-state index in [0.29, 0.717) is 5.69 Å². The predicted molar refractivity (Wildman–Crippen MR) is 63.0 cm³/mol. The molecule has 0 saturated carbocycles. The quantitative estimate of drug-likeness (QED) is 0.370. The van der Waals surface area contributed by atoms with E-state index in [1.807, 2.05) is 0 Å². The molecule has 7 heteroatoms. The summed E-state index contributed by atoms with van der Waals surface area (Å²) < 4.78 is 4.61. The Kier molecular flexibility index (Phi) is 4.79. The van der Waals surface area contributed by atoms with Crippen molar-refractivity contribution in [1.82, 2.24) is 0 Å². The highest BCUT2D eigenvalue weighted by Gasteiger charge is 2.11. The van der Waals surface area contributed by atoms with E-state index in [-0.39, 0.29) is 18.7 Å². The van der Waals surface area contributed by atoms with E-state index in [9.17, 15) is 19.7 Å². The van der Waals surface area contributed by atoms with Gasteiger partial charge in [-0.25, -0.2) is 0 Å². The standard InChI is InChI=1S/C11H12N2O5/c1-2-18-11(15)7-10(14)12-8-3-5-9(6-4-8)13(16)17/h3-6H,2,7H2,1H3,(H,12,14). The van der Waals surface area contributed by atoms with Crippen molar-refractivity contribution in [3.8, 4) is 0 Å². The molecule has 0 aliphatic heterocycles. The van der Waals surface area contributed by atoms with Gasteiger partial charge in [0.2, 0.25) is 5.91 Å². The van der Waals surface area contributed by atoms with Gasteiger partial charge in [0.15, 0.2) is 0 Å². The predicted octanol–water partition coefficient (Wildman–Crippen LogP) is 1.49. The second-order valence-corrected chi connectivity index (χ2v) is 3.33. The lowest BCUT2D eigenvalue weighted by Crippen LogP contribution is -2.18. The number of rotatable bonds is 5. The first-order chi connectivity index (χ1) is 8.52. The molecule has 0 saturated heterocycles. The lowest BCUT2D eigenvalue weighted by Gasteiger charge is -2.04. The number of carbonyl (C=O) groups is 2. The Balaban J connectivity index is 2.54. The van der Waals surface area contributed by atoms with Gasteiger partial charge in [0.05, 0.1) is 11.5 Å². The van der Waals surface area contributed by atoms with E-state index in [2.05, 4.69) is 10.1 Å². The number of carbonyl (C=O) groups excluding carboxylic acids is 2. The third-order valence-corrected chi connectivity index (χ3v) is 1.97. The summed E-state index contributed by atoms with van der Waals surface area (Å²) >= 11 is 0. The van der Waals surface area contributed by atoms with Gasteiger partial charge in [-0.2, -0.15) is 0 Å². The smallest absolute Gasteiger partial charge is 0.315 e. The van der Waals surface area contributed by atoms with Crippen LogP contribution in [0.1, 0.15) is 13.3 Å². The number of esters is 1. The number of non-ortho nitro benzene ring substituents is 1. The zero-order valence-electron chi connectivity index (χ0n) is 9.71. The zero-order valence-corrected chi connectivity index (χ0v) is 9.71. The Hall–Kier alpha value is -2.44. The van der Waals surface area contributed by atoms with E-state index in [1.165, 1.54) is 24.3 Å². The normalized spacial score (nSPS) is 9.61. The molecule has 18 heavy (non-hydrogen) atoms. The minimum Gasteiger partial charge on any atom is -0.466 e. The molecule has 0 heterocycles. The van der Waals surface area contributed by atoms with Crippen molar-refractivity contribution >= 4 is 23.3 Å². The molecule has 0 aromatic heterocycles. The molecule has 0 bridgehead atoms. The maximum atomic E-state index is 11.4. The van der Waals surface area contributed by atoms with Gasteiger partial charge in [-0.05, 0) is 19.1 Å². The van der Waals surface area contributed by atoms with Gasteiger partial charge in [0.1, 0.15) is 6.42 Å². The van der Waals surface area contributed by atoms with Gasteiger partial charge < -0.3 is 10.1 Å². The van der Waals surface area contributed by atoms with Crippen LogP contribution in [0.5, 0.6) is 0 Å². The number of hydrogen-bond donors (Lipinski definition) is 1. The van der Waals surface area contributed by atoms with Crippen LogP contribution in [0.3, 0.4) is 0 Å². The van der Waals surface area contributed by atoms with Crippen molar-refractivity contribution in [2.24, 2.45) is 0 Å². The largest absolute Gasteiger partial charge is 0.466 e. The molecule has 1 aromatic carbocycles. The van der Waals surface area contributed by atoms with Gasteiger partial charge in [0.25, 0.3) is 5.69 Å². The van der Waals surface area contributed by atoms with Crippen molar-refractivity contribution in [3.63, 3.8) is 0 Å². The molecule has 0 aliphatic rings. The number of ether oxygens (including phenoxy) is 1. The Morgan fingerprint density at radius 3 is 2.44 bits per heavy atom. The van der Waals surface area contributed by atoms with Crippen LogP contribution in [0.15, 0.2) is 24.3 Å². The molecular weight excluding hydrogens is 240 g/mol. The molecule has 0 unspecified atom stereocenters. The minimum absolute atomic E-state index is 0.0709. The fourth-order valence-corrected chi connectivity index (χ4v) is 1.21. The van der Waals surface area contributed by atoms with E-state index in [1.54, 1.807) is 6.92 Å². The van der Waals surface area contributed by atoms with Crippen molar-refractivity contribution in [3.05, 3.63) is 34.4 Å². The van der Waals surface area contributed by atoms with Crippen LogP contribution in [0.4, 0.5) is 11.4 Å². The molecule has 7 nitrogen and oxygen atoms in total. The summed E-state index contributed by atoms with van der Waals surface area (Å²) in [6, 6.07) is 5.31. The van der Waals surface area contributed by atoms with Gasteiger partial charge in [0, 0.05) is 17.8 Å². The van der Waals surface area contributed by atoms with Gasteiger partial charge in [-0.1, -0.05) is 0 Å². The van der Waals surface area contributed by atoms with Gasteiger partial charge in [-0.15, -0.1) is 0 Å². The SMILES string of the molecule is CCOC(=O)CC(=O)Nc1ccc([N+](=O)[O-])cc1. The van der Waals surface area contributed by atoms with Gasteiger partial charge in [-0.3, -0.25) is 19.7 Å². The first kappa shape index (κ1) is 13.6. The van der Waals surface area contributed by atoms with E-state index < -0.39 is 16.8 Å². The van der Waals surface area contributed by atoms with Crippen LogP contribution < -0.4 is 5.32 Å². The van der Waals surface area contributed by atoms with E-state index in [4.69, 9.17) is 0 Å². The fourth-order valence-electron chi connectivity index (χ4n) is 1.21. The Morgan fingerprint density at radius 1 is 1.33 bits per heavy atom. The Bertz CT molecular complexity index is 455. The molecule has 0 fully saturated rings. The van der Waals surface area contributed by atoms with Crippen molar-refractivity contribution < 1.29 is 19.2 Å². The fraction of sp³-hybridized carbons (Fsp3) is 0.273. The maximum Gasteiger partial charge on any atom is 0.315 e. The number of nitro groups is 1. The highest BCUT2D eigenvalue weighted by atomic mass is 16.6. The first-order valence-electron chi connectivity index (χ1n) is 5.23. The molecule has 1 N–H and O–H groups in total. The summed E-state index contributed by atoms with van der Waals surface area (Å²) in [6.45, 7) is 1.86. The highest BCUT2D eigenvalue weighted by Crippen LogP contribution is 2.15.